The lowest BCUT2D eigenvalue weighted by molar-refractivity contribution is -0.121. The number of hydrogen-bond donors (Lipinski definition) is 1. The third-order valence-electron chi connectivity index (χ3n) is 3.35. The summed E-state index contributed by atoms with van der Waals surface area (Å²) in [5, 5.41) is 0. The van der Waals surface area contributed by atoms with Crippen LogP contribution in [0.15, 0.2) is 36.1 Å². The van der Waals surface area contributed by atoms with Gasteiger partial charge in [-0.3, -0.25) is 9.69 Å². The molecule has 3 heteroatoms. The minimum absolute atomic E-state index is 0.0626. The third-order valence-corrected chi connectivity index (χ3v) is 3.35. The molecule has 1 fully saturated rings. The van der Waals surface area contributed by atoms with E-state index in [0.29, 0.717) is 5.70 Å². The second-order valence-electron chi connectivity index (χ2n) is 4.73. The van der Waals surface area contributed by atoms with E-state index in [1.807, 2.05) is 19.9 Å². The van der Waals surface area contributed by atoms with Crippen LogP contribution in [0.1, 0.15) is 47.0 Å². The van der Waals surface area contributed by atoms with Gasteiger partial charge in [-0.05, 0) is 44.4 Å². The van der Waals surface area contributed by atoms with Crippen molar-refractivity contribution in [3.63, 3.8) is 0 Å². The Labute approximate surface area is 124 Å². The zero-order valence-electron chi connectivity index (χ0n) is 13.5. The first-order chi connectivity index (χ1) is 9.60. The summed E-state index contributed by atoms with van der Waals surface area (Å²) >= 11 is 0. The van der Waals surface area contributed by atoms with Crippen LogP contribution >= 0.6 is 0 Å². The van der Waals surface area contributed by atoms with Crippen LogP contribution in [0.3, 0.4) is 0 Å². The lowest BCUT2D eigenvalue weighted by Crippen LogP contribution is -2.36. The molecule has 0 aromatic rings. The molecule has 3 nitrogen and oxygen atoms in total. The molecule has 20 heavy (non-hydrogen) atoms. The molecule has 0 spiro atoms. The summed E-state index contributed by atoms with van der Waals surface area (Å²) in [5.41, 5.74) is 7.71. The average Bonchev–Trinajstić information content (AvgIpc) is 2.93. The number of nitrogens with two attached hydrogens (primary N) is 1. The molecule has 2 N–H and O–H groups in total. The van der Waals surface area contributed by atoms with Gasteiger partial charge in [0.25, 0.3) is 0 Å². The van der Waals surface area contributed by atoms with Gasteiger partial charge < -0.3 is 5.73 Å². The molecular formula is C17H30N2O. The van der Waals surface area contributed by atoms with Gasteiger partial charge in [0.15, 0.2) is 0 Å². The molecule has 1 heterocycles. The van der Waals surface area contributed by atoms with Crippen molar-refractivity contribution in [2.24, 2.45) is 5.73 Å². The van der Waals surface area contributed by atoms with E-state index in [4.69, 9.17) is 5.73 Å². The molecule has 1 aliphatic heterocycles. The second kappa shape index (κ2) is 10.4. The summed E-state index contributed by atoms with van der Waals surface area (Å²) in [5.74, 6) is 0.253. The predicted octanol–water partition coefficient (Wildman–Crippen LogP) is 3.43. The molecule has 1 unspecified atom stereocenters. The minimum Gasteiger partial charge on any atom is -0.398 e. The predicted molar refractivity (Wildman–Crippen MR) is 87.5 cm³/mol. The molecule has 1 atom stereocenters. The first-order valence-corrected chi connectivity index (χ1v) is 7.62. The maximum absolute atomic E-state index is 11.6. The Morgan fingerprint density at radius 1 is 1.45 bits per heavy atom. The Kier molecular flexibility index (Phi) is 9.73. The molecular weight excluding hydrogens is 248 g/mol. The van der Waals surface area contributed by atoms with E-state index < -0.39 is 0 Å². The quantitative estimate of drug-likeness (QED) is 0.757. The molecule has 0 radical (unpaired) electrons. The highest BCUT2D eigenvalue weighted by Gasteiger charge is 2.28. The van der Waals surface area contributed by atoms with Crippen molar-refractivity contribution in [2.75, 3.05) is 13.1 Å². The van der Waals surface area contributed by atoms with Crippen molar-refractivity contribution in [3.8, 4) is 0 Å². The van der Waals surface area contributed by atoms with E-state index in [2.05, 4.69) is 24.5 Å². The molecule has 1 rings (SSSR count). The summed E-state index contributed by atoms with van der Waals surface area (Å²) in [4.78, 5) is 13.8. The number of Topliss-reactive ketones (excluding diaryl/α,β-unsaturated/α-hetero) is 1. The number of carbonyl (C=O) groups excluding carboxylic acids is 1. The highest BCUT2D eigenvalue weighted by Crippen LogP contribution is 2.20. The van der Waals surface area contributed by atoms with Gasteiger partial charge in [-0.15, -0.1) is 0 Å². The van der Waals surface area contributed by atoms with Crippen molar-refractivity contribution in [2.45, 2.75) is 53.0 Å². The Hall–Kier alpha value is -1.35. The van der Waals surface area contributed by atoms with E-state index in [-0.39, 0.29) is 11.8 Å². The topological polar surface area (TPSA) is 46.3 Å². The first kappa shape index (κ1) is 18.7. The van der Waals surface area contributed by atoms with Gasteiger partial charge in [-0.1, -0.05) is 39.5 Å². The summed E-state index contributed by atoms with van der Waals surface area (Å²) in [6, 6.07) is 0.0626. The van der Waals surface area contributed by atoms with Crippen LogP contribution in [0, 0.1) is 0 Å². The Morgan fingerprint density at radius 3 is 2.60 bits per heavy atom. The number of rotatable bonds is 6. The van der Waals surface area contributed by atoms with Crippen molar-refractivity contribution >= 4 is 5.78 Å². The van der Waals surface area contributed by atoms with Crippen LogP contribution in [0.5, 0.6) is 0 Å². The van der Waals surface area contributed by atoms with Gasteiger partial charge in [-0.2, -0.15) is 0 Å². The number of likely N-dealkylation sites (tertiary alicyclic amines) is 1. The van der Waals surface area contributed by atoms with E-state index in [0.717, 1.165) is 37.9 Å². The monoisotopic (exact) mass is 278 g/mol. The number of carbonyl (C=O) groups is 1. The van der Waals surface area contributed by atoms with Crippen molar-refractivity contribution < 1.29 is 4.79 Å². The highest BCUT2D eigenvalue weighted by atomic mass is 16.1. The van der Waals surface area contributed by atoms with Gasteiger partial charge in [0.1, 0.15) is 5.78 Å². The molecule has 0 amide bonds. The van der Waals surface area contributed by atoms with Crippen LogP contribution in [-0.2, 0) is 4.79 Å². The lowest BCUT2D eigenvalue weighted by atomic mass is 10.1. The Balaban J connectivity index is 0.00000172. The van der Waals surface area contributed by atoms with Crippen LogP contribution in [0.25, 0.3) is 0 Å². The van der Waals surface area contributed by atoms with Gasteiger partial charge in [0, 0.05) is 12.2 Å². The Morgan fingerprint density at radius 2 is 2.10 bits per heavy atom. The lowest BCUT2D eigenvalue weighted by Gasteiger charge is -2.23. The van der Waals surface area contributed by atoms with E-state index in [1.54, 1.807) is 13.0 Å². The molecule has 0 saturated carbocycles. The molecule has 0 aromatic heterocycles. The number of allylic oxidation sites excluding steroid dienone is 2. The van der Waals surface area contributed by atoms with Crippen molar-refractivity contribution in [1.82, 2.24) is 4.90 Å². The fourth-order valence-corrected chi connectivity index (χ4v) is 2.33. The summed E-state index contributed by atoms with van der Waals surface area (Å²) in [6.07, 6.45) is 8.84. The number of ketones is 1. The van der Waals surface area contributed by atoms with Crippen LogP contribution in [0.2, 0.25) is 0 Å². The van der Waals surface area contributed by atoms with Crippen molar-refractivity contribution in [1.29, 1.82) is 0 Å². The van der Waals surface area contributed by atoms with Gasteiger partial charge >= 0.3 is 0 Å². The van der Waals surface area contributed by atoms with Crippen LogP contribution in [-0.4, -0.2) is 29.8 Å². The standard InChI is InChI=1S/C15H24N2O.C2H6/c1-4-6-8-13(14(16)5-2)11-17-10-7-9-15(17)12(3)18;1-2/h5-6,8,15H,2,4,7,9-11,16H2,1,3H3;1-2H3/b8-6-,14-13-;. The molecule has 1 aliphatic rings. The summed E-state index contributed by atoms with van der Waals surface area (Å²) in [6.45, 7) is 13.2. The largest absolute Gasteiger partial charge is 0.398 e. The summed E-state index contributed by atoms with van der Waals surface area (Å²) < 4.78 is 0. The second-order valence-corrected chi connectivity index (χ2v) is 4.73. The first-order valence-electron chi connectivity index (χ1n) is 7.62. The van der Waals surface area contributed by atoms with Crippen LogP contribution < -0.4 is 5.73 Å². The molecule has 0 aromatic carbocycles. The van der Waals surface area contributed by atoms with E-state index >= 15 is 0 Å². The maximum Gasteiger partial charge on any atom is 0.146 e. The maximum atomic E-state index is 11.6. The van der Waals surface area contributed by atoms with Crippen LogP contribution in [0.4, 0.5) is 0 Å². The average molecular weight is 278 g/mol. The normalized spacial score (nSPS) is 20.3. The van der Waals surface area contributed by atoms with Gasteiger partial charge in [0.05, 0.1) is 6.04 Å². The zero-order chi connectivity index (χ0) is 15.5. The van der Waals surface area contributed by atoms with Gasteiger partial charge in [0.2, 0.25) is 0 Å². The molecule has 1 saturated heterocycles. The fourth-order valence-electron chi connectivity index (χ4n) is 2.33. The zero-order valence-corrected chi connectivity index (χ0v) is 13.5. The van der Waals surface area contributed by atoms with E-state index in [1.165, 1.54) is 0 Å². The molecule has 0 aliphatic carbocycles. The number of hydrogen-bond acceptors (Lipinski definition) is 3. The highest BCUT2D eigenvalue weighted by molar-refractivity contribution is 5.81. The molecule has 114 valence electrons. The third kappa shape index (κ3) is 5.74. The smallest absolute Gasteiger partial charge is 0.146 e. The fraction of sp³-hybridized carbons (Fsp3) is 0.588. The summed E-state index contributed by atoms with van der Waals surface area (Å²) in [7, 11) is 0. The number of nitrogens with zero attached hydrogens (tertiary/aromatic N) is 1. The SMILES string of the molecule is C=C/C(N)=C(\C=C/CC)CN1CCCC1C(C)=O.CC. The minimum atomic E-state index is 0.0626. The van der Waals surface area contributed by atoms with Gasteiger partial charge in [-0.25, -0.2) is 0 Å². The van der Waals surface area contributed by atoms with Crippen molar-refractivity contribution in [3.05, 3.63) is 36.1 Å². The Bertz CT molecular complexity index is 369. The van der Waals surface area contributed by atoms with E-state index in [9.17, 15) is 4.79 Å². The molecule has 0 bridgehead atoms.